The Balaban J connectivity index is 1.39. The highest BCUT2D eigenvalue weighted by Crippen LogP contribution is 2.28. The first-order chi connectivity index (χ1) is 14.8. The van der Waals surface area contributed by atoms with E-state index in [0.717, 1.165) is 49.7 Å². The van der Waals surface area contributed by atoms with E-state index in [1.165, 1.54) is 5.56 Å². The molecule has 3 aromatic rings. The van der Waals surface area contributed by atoms with E-state index < -0.39 is 0 Å². The second-order valence-electron chi connectivity index (χ2n) is 7.71. The van der Waals surface area contributed by atoms with Crippen molar-refractivity contribution in [2.75, 3.05) is 31.6 Å². The number of nitrogens with zero attached hydrogens (tertiary/aromatic N) is 1. The molecule has 0 spiro atoms. The number of hydrogen-bond acceptors (Lipinski definition) is 3. The average molecular weight is 401 g/mol. The van der Waals surface area contributed by atoms with Crippen LogP contribution in [0.25, 0.3) is 0 Å². The maximum absolute atomic E-state index is 12.8. The van der Waals surface area contributed by atoms with E-state index in [4.69, 9.17) is 4.74 Å². The molecule has 0 radical (unpaired) electrons. The Bertz CT molecular complexity index is 881. The van der Waals surface area contributed by atoms with Gasteiger partial charge in [0.15, 0.2) is 0 Å². The Morgan fingerprint density at radius 2 is 1.40 bits per heavy atom. The molecular formula is C26H28N2O2. The maximum atomic E-state index is 12.8. The Morgan fingerprint density at radius 3 is 1.97 bits per heavy atom. The van der Waals surface area contributed by atoms with E-state index in [9.17, 15) is 4.79 Å². The van der Waals surface area contributed by atoms with Crippen LogP contribution in [0.3, 0.4) is 0 Å². The summed E-state index contributed by atoms with van der Waals surface area (Å²) in [5.41, 5.74) is 4.39. The van der Waals surface area contributed by atoms with Crippen LogP contribution >= 0.6 is 0 Å². The lowest BCUT2D eigenvalue weighted by molar-refractivity contribution is -0.116. The number of rotatable bonds is 7. The molecule has 154 valence electrons. The standard InChI is InChI=1S/C26H28N2O2/c29-26(19-25(22-7-3-1-4-8-22)23-9-5-2-6-10-23)27-24-13-11-21(12-14-24)20-28-15-17-30-18-16-28/h1-14,25H,15-20H2,(H,27,29). The summed E-state index contributed by atoms with van der Waals surface area (Å²) in [5, 5.41) is 3.07. The van der Waals surface area contributed by atoms with Crippen LogP contribution in [0.5, 0.6) is 0 Å². The van der Waals surface area contributed by atoms with Gasteiger partial charge in [0.25, 0.3) is 0 Å². The molecule has 0 bridgehead atoms. The van der Waals surface area contributed by atoms with E-state index in [1.54, 1.807) is 0 Å². The van der Waals surface area contributed by atoms with E-state index >= 15 is 0 Å². The molecule has 1 N–H and O–H groups in total. The number of amides is 1. The normalized spacial score (nSPS) is 14.6. The summed E-state index contributed by atoms with van der Waals surface area (Å²) in [6.07, 6.45) is 0.406. The number of hydrogen-bond donors (Lipinski definition) is 1. The van der Waals surface area contributed by atoms with Gasteiger partial charge in [-0.3, -0.25) is 9.69 Å². The monoisotopic (exact) mass is 400 g/mol. The van der Waals surface area contributed by atoms with Gasteiger partial charge in [-0.2, -0.15) is 0 Å². The highest BCUT2D eigenvalue weighted by atomic mass is 16.5. The van der Waals surface area contributed by atoms with Gasteiger partial charge in [-0.15, -0.1) is 0 Å². The molecule has 0 aliphatic carbocycles. The number of benzene rings is 3. The SMILES string of the molecule is O=C(CC(c1ccccc1)c1ccccc1)Nc1ccc(CN2CCOCC2)cc1. The molecule has 4 heteroatoms. The van der Waals surface area contributed by atoms with Crippen LogP contribution in [-0.4, -0.2) is 37.1 Å². The van der Waals surface area contributed by atoms with Crippen molar-refractivity contribution in [1.29, 1.82) is 0 Å². The molecule has 3 aromatic carbocycles. The van der Waals surface area contributed by atoms with Crippen molar-refractivity contribution >= 4 is 11.6 Å². The van der Waals surface area contributed by atoms with Gasteiger partial charge in [-0.1, -0.05) is 72.8 Å². The van der Waals surface area contributed by atoms with Gasteiger partial charge in [0, 0.05) is 37.7 Å². The van der Waals surface area contributed by atoms with Gasteiger partial charge < -0.3 is 10.1 Å². The van der Waals surface area contributed by atoms with Gasteiger partial charge >= 0.3 is 0 Å². The van der Waals surface area contributed by atoms with Crippen LogP contribution in [0.2, 0.25) is 0 Å². The van der Waals surface area contributed by atoms with Crippen molar-refractivity contribution in [3.63, 3.8) is 0 Å². The summed E-state index contributed by atoms with van der Waals surface area (Å²) in [7, 11) is 0. The number of carbonyl (C=O) groups excluding carboxylic acids is 1. The van der Waals surface area contributed by atoms with Gasteiger partial charge in [-0.05, 0) is 28.8 Å². The molecule has 4 rings (SSSR count). The number of morpholine rings is 1. The Hall–Kier alpha value is -2.95. The third-order valence-electron chi connectivity index (χ3n) is 5.54. The van der Waals surface area contributed by atoms with E-state index in [0.29, 0.717) is 6.42 Å². The third-order valence-corrected chi connectivity index (χ3v) is 5.54. The van der Waals surface area contributed by atoms with Crippen LogP contribution in [-0.2, 0) is 16.1 Å². The van der Waals surface area contributed by atoms with E-state index in [2.05, 4.69) is 46.6 Å². The van der Waals surface area contributed by atoms with Crippen molar-refractivity contribution in [2.24, 2.45) is 0 Å². The minimum Gasteiger partial charge on any atom is -0.379 e. The van der Waals surface area contributed by atoms with Crippen molar-refractivity contribution < 1.29 is 9.53 Å². The molecule has 1 fully saturated rings. The minimum atomic E-state index is 0.0219. The summed E-state index contributed by atoms with van der Waals surface area (Å²) in [4.78, 5) is 15.2. The first-order valence-corrected chi connectivity index (χ1v) is 10.6. The average Bonchev–Trinajstić information content (AvgIpc) is 2.81. The Morgan fingerprint density at radius 1 is 0.833 bits per heavy atom. The van der Waals surface area contributed by atoms with Crippen LogP contribution in [0, 0.1) is 0 Å². The zero-order chi connectivity index (χ0) is 20.6. The van der Waals surface area contributed by atoms with E-state index in [1.807, 2.05) is 48.5 Å². The first-order valence-electron chi connectivity index (χ1n) is 10.6. The van der Waals surface area contributed by atoms with Crippen molar-refractivity contribution in [3.8, 4) is 0 Å². The minimum absolute atomic E-state index is 0.0219. The number of ether oxygens (including phenoxy) is 1. The van der Waals surface area contributed by atoms with Gasteiger partial charge in [0.2, 0.25) is 5.91 Å². The summed E-state index contributed by atoms with van der Waals surface area (Å²) in [5.74, 6) is 0.0571. The molecule has 0 atom stereocenters. The van der Waals surface area contributed by atoms with Crippen molar-refractivity contribution in [2.45, 2.75) is 18.9 Å². The topological polar surface area (TPSA) is 41.6 Å². The zero-order valence-electron chi connectivity index (χ0n) is 17.2. The fourth-order valence-corrected chi connectivity index (χ4v) is 3.91. The van der Waals surface area contributed by atoms with Crippen LogP contribution < -0.4 is 5.32 Å². The summed E-state index contributed by atoms with van der Waals surface area (Å²) in [6.45, 7) is 4.47. The molecule has 4 nitrogen and oxygen atoms in total. The summed E-state index contributed by atoms with van der Waals surface area (Å²) < 4.78 is 5.41. The lowest BCUT2D eigenvalue weighted by Crippen LogP contribution is -2.35. The zero-order valence-corrected chi connectivity index (χ0v) is 17.2. The number of carbonyl (C=O) groups is 1. The molecule has 1 heterocycles. The number of nitrogens with one attached hydrogen (secondary N) is 1. The van der Waals surface area contributed by atoms with Gasteiger partial charge in [0.05, 0.1) is 13.2 Å². The third kappa shape index (κ3) is 5.56. The second-order valence-corrected chi connectivity index (χ2v) is 7.71. The number of anilines is 1. The molecule has 1 amide bonds. The highest BCUT2D eigenvalue weighted by molar-refractivity contribution is 5.91. The molecular weight excluding hydrogens is 372 g/mol. The lowest BCUT2D eigenvalue weighted by atomic mass is 9.88. The summed E-state index contributed by atoms with van der Waals surface area (Å²) >= 11 is 0. The maximum Gasteiger partial charge on any atom is 0.225 e. The smallest absolute Gasteiger partial charge is 0.225 e. The van der Waals surface area contributed by atoms with Crippen LogP contribution in [0.4, 0.5) is 5.69 Å². The second kappa shape index (κ2) is 10.2. The molecule has 0 aromatic heterocycles. The molecule has 1 aliphatic heterocycles. The van der Waals surface area contributed by atoms with E-state index in [-0.39, 0.29) is 11.8 Å². The van der Waals surface area contributed by atoms with Crippen LogP contribution in [0.15, 0.2) is 84.9 Å². The fraction of sp³-hybridized carbons (Fsp3) is 0.269. The highest BCUT2D eigenvalue weighted by Gasteiger charge is 2.18. The molecule has 0 unspecified atom stereocenters. The van der Waals surface area contributed by atoms with Gasteiger partial charge in [0.1, 0.15) is 0 Å². The molecule has 1 saturated heterocycles. The Labute approximate surface area is 178 Å². The largest absolute Gasteiger partial charge is 0.379 e. The van der Waals surface area contributed by atoms with Crippen molar-refractivity contribution in [1.82, 2.24) is 4.90 Å². The molecule has 1 aliphatic rings. The predicted octanol–water partition coefficient (Wildman–Crippen LogP) is 4.68. The van der Waals surface area contributed by atoms with Crippen molar-refractivity contribution in [3.05, 3.63) is 102 Å². The Kier molecular flexibility index (Phi) is 6.91. The summed E-state index contributed by atoms with van der Waals surface area (Å²) in [6, 6.07) is 28.6. The first kappa shape index (κ1) is 20.3. The van der Waals surface area contributed by atoms with Gasteiger partial charge in [-0.25, -0.2) is 0 Å². The predicted molar refractivity (Wildman–Crippen MR) is 121 cm³/mol. The molecule has 30 heavy (non-hydrogen) atoms. The lowest BCUT2D eigenvalue weighted by Gasteiger charge is -2.26. The fourth-order valence-electron chi connectivity index (χ4n) is 3.91. The van der Waals surface area contributed by atoms with Crippen LogP contribution in [0.1, 0.15) is 29.0 Å². The quantitative estimate of drug-likeness (QED) is 0.626. The molecule has 0 saturated carbocycles.